The topological polar surface area (TPSA) is 46.4 Å². The van der Waals surface area contributed by atoms with Crippen molar-refractivity contribution in [1.82, 2.24) is 14.7 Å². The minimum Gasteiger partial charge on any atom is -0.350 e. The van der Waals surface area contributed by atoms with E-state index in [0.29, 0.717) is 18.5 Å². The highest BCUT2D eigenvalue weighted by Gasteiger charge is 2.43. The molecule has 3 rings (SSSR count). The van der Waals surface area contributed by atoms with Gasteiger partial charge in [0.2, 0.25) is 5.91 Å². The van der Waals surface area contributed by atoms with Gasteiger partial charge in [0.1, 0.15) is 5.65 Å². The summed E-state index contributed by atoms with van der Waals surface area (Å²) in [6.07, 6.45) is -1.40. The summed E-state index contributed by atoms with van der Waals surface area (Å²) in [7, 11) is 0. The SMILES string of the molecule is Cc1cccc2nc(CNC(=O)[C@@H]3CCC[C@H](C(F)(F)F)C3)cn12. The Morgan fingerprint density at radius 3 is 2.88 bits per heavy atom. The van der Waals surface area contributed by atoms with Crippen LogP contribution < -0.4 is 5.32 Å². The highest BCUT2D eigenvalue weighted by molar-refractivity contribution is 5.78. The van der Waals surface area contributed by atoms with Crippen molar-refractivity contribution in [3.05, 3.63) is 35.8 Å². The molecule has 0 aliphatic heterocycles. The van der Waals surface area contributed by atoms with Crippen LogP contribution in [0, 0.1) is 18.8 Å². The zero-order valence-electron chi connectivity index (χ0n) is 13.4. The summed E-state index contributed by atoms with van der Waals surface area (Å²) >= 11 is 0. The first kappa shape index (κ1) is 16.8. The number of carbonyl (C=O) groups is 1. The maximum Gasteiger partial charge on any atom is 0.391 e. The first-order valence-corrected chi connectivity index (χ1v) is 8.12. The highest BCUT2D eigenvalue weighted by Crippen LogP contribution is 2.39. The lowest BCUT2D eigenvalue weighted by Gasteiger charge is -2.29. The monoisotopic (exact) mass is 339 g/mol. The summed E-state index contributed by atoms with van der Waals surface area (Å²) in [6, 6.07) is 5.73. The number of hydrogen-bond donors (Lipinski definition) is 1. The second kappa shape index (κ2) is 6.45. The summed E-state index contributed by atoms with van der Waals surface area (Å²) in [4.78, 5) is 16.6. The van der Waals surface area contributed by atoms with E-state index in [4.69, 9.17) is 0 Å². The Morgan fingerprint density at radius 2 is 2.17 bits per heavy atom. The van der Waals surface area contributed by atoms with Crippen LogP contribution in [-0.4, -0.2) is 21.5 Å². The minimum atomic E-state index is -4.21. The molecule has 2 heterocycles. The summed E-state index contributed by atoms with van der Waals surface area (Å²) in [5, 5.41) is 2.74. The van der Waals surface area contributed by atoms with Crippen LogP contribution >= 0.6 is 0 Å². The molecule has 130 valence electrons. The molecule has 1 aliphatic rings. The molecule has 1 amide bonds. The quantitative estimate of drug-likeness (QED) is 0.928. The van der Waals surface area contributed by atoms with Crippen LogP contribution in [0.4, 0.5) is 13.2 Å². The molecule has 0 aromatic carbocycles. The Kier molecular flexibility index (Phi) is 4.51. The number of nitrogens with zero attached hydrogens (tertiary/aromatic N) is 2. The molecule has 24 heavy (non-hydrogen) atoms. The van der Waals surface area contributed by atoms with Gasteiger partial charge in [-0.3, -0.25) is 4.79 Å². The van der Waals surface area contributed by atoms with Gasteiger partial charge < -0.3 is 9.72 Å². The van der Waals surface area contributed by atoms with E-state index < -0.39 is 18.0 Å². The number of nitrogens with one attached hydrogen (secondary N) is 1. The molecule has 7 heteroatoms. The zero-order chi connectivity index (χ0) is 17.3. The van der Waals surface area contributed by atoms with Crippen LogP contribution in [0.3, 0.4) is 0 Å². The minimum absolute atomic E-state index is 0.112. The number of halogens is 3. The number of rotatable bonds is 3. The molecule has 0 saturated heterocycles. The fraction of sp³-hybridized carbons (Fsp3) is 0.529. The molecule has 0 unspecified atom stereocenters. The van der Waals surface area contributed by atoms with Gasteiger partial charge >= 0.3 is 6.18 Å². The van der Waals surface area contributed by atoms with Crippen molar-refractivity contribution < 1.29 is 18.0 Å². The Labute approximate surface area is 138 Å². The second-order valence-corrected chi connectivity index (χ2v) is 6.45. The number of aromatic nitrogens is 2. The summed E-state index contributed by atoms with van der Waals surface area (Å²) in [5.74, 6) is -2.23. The molecule has 4 nitrogen and oxygen atoms in total. The number of aryl methyl sites for hydroxylation is 1. The van der Waals surface area contributed by atoms with E-state index in [1.165, 1.54) is 0 Å². The fourth-order valence-corrected chi connectivity index (χ4v) is 3.33. The van der Waals surface area contributed by atoms with Gasteiger partial charge in [-0.25, -0.2) is 4.98 Å². The Hall–Kier alpha value is -2.05. The molecule has 2 aromatic rings. The maximum atomic E-state index is 12.8. The van der Waals surface area contributed by atoms with Gasteiger partial charge in [-0.2, -0.15) is 13.2 Å². The van der Waals surface area contributed by atoms with Crippen LogP contribution in [-0.2, 0) is 11.3 Å². The predicted molar refractivity (Wildman–Crippen MR) is 83.3 cm³/mol. The average Bonchev–Trinajstić information content (AvgIpc) is 2.96. The van der Waals surface area contributed by atoms with Gasteiger partial charge in [0.25, 0.3) is 0 Å². The largest absolute Gasteiger partial charge is 0.391 e. The van der Waals surface area contributed by atoms with Crippen LogP contribution in [0.25, 0.3) is 5.65 Å². The fourth-order valence-electron chi connectivity index (χ4n) is 3.33. The number of pyridine rings is 1. The Bertz CT molecular complexity index is 738. The summed E-state index contributed by atoms with van der Waals surface area (Å²) < 4.78 is 40.4. The molecular formula is C17H20F3N3O. The summed E-state index contributed by atoms with van der Waals surface area (Å²) in [6.45, 7) is 2.18. The lowest BCUT2D eigenvalue weighted by atomic mass is 9.80. The van der Waals surface area contributed by atoms with Gasteiger partial charge in [0.15, 0.2) is 0 Å². The zero-order valence-corrected chi connectivity index (χ0v) is 13.4. The first-order valence-electron chi connectivity index (χ1n) is 8.12. The molecular weight excluding hydrogens is 319 g/mol. The van der Waals surface area contributed by atoms with E-state index >= 15 is 0 Å². The van der Waals surface area contributed by atoms with Crippen LogP contribution in [0.15, 0.2) is 24.4 Å². The van der Waals surface area contributed by atoms with Crippen molar-refractivity contribution >= 4 is 11.6 Å². The van der Waals surface area contributed by atoms with E-state index in [0.717, 1.165) is 11.3 Å². The van der Waals surface area contributed by atoms with Crippen LogP contribution in [0.2, 0.25) is 0 Å². The average molecular weight is 339 g/mol. The second-order valence-electron chi connectivity index (χ2n) is 6.45. The number of imidazole rings is 1. The van der Waals surface area contributed by atoms with Gasteiger partial charge in [0, 0.05) is 17.8 Å². The molecule has 1 N–H and O–H groups in total. The standard InChI is InChI=1S/C17H20F3N3O/c1-11-4-2-7-15-22-14(10-23(11)15)9-21-16(24)12-5-3-6-13(8-12)17(18,19)20/h2,4,7,10,12-13H,3,5-6,8-9H2,1H3,(H,21,24)/t12-,13+/m1/s1. The molecule has 0 radical (unpaired) electrons. The van der Waals surface area contributed by atoms with E-state index in [2.05, 4.69) is 10.3 Å². The van der Waals surface area contributed by atoms with Crippen molar-refractivity contribution in [1.29, 1.82) is 0 Å². The van der Waals surface area contributed by atoms with Crippen molar-refractivity contribution in [2.75, 3.05) is 0 Å². The van der Waals surface area contributed by atoms with Gasteiger partial charge in [0.05, 0.1) is 18.2 Å². The lowest BCUT2D eigenvalue weighted by molar-refractivity contribution is -0.186. The third kappa shape index (κ3) is 3.55. The van der Waals surface area contributed by atoms with Gasteiger partial charge in [-0.1, -0.05) is 12.5 Å². The maximum absolute atomic E-state index is 12.8. The molecule has 2 aromatic heterocycles. The lowest BCUT2D eigenvalue weighted by Crippen LogP contribution is -2.37. The molecule has 1 saturated carbocycles. The van der Waals surface area contributed by atoms with Crippen LogP contribution in [0.5, 0.6) is 0 Å². The van der Waals surface area contributed by atoms with E-state index in [1.54, 1.807) is 0 Å². The molecule has 0 bridgehead atoms. The molecule has 0 spiro atoms. The Balaban J connectivity index is 1.61. The van der Waals surface area contributed by atoms with E-state index in [1.807, 2.05) is 35.7 Å². The first-order chi connectivity index (χ1) is 11.3. The molecule has 2 atom stereocenters. The third-order valence-electron chi connectivity index (χ3n) is 4.70. The molecule has 1 fully saturated rings. The van der Waals surface area contributed by atoms with Crippen LogP contribution in [0.1, 0.15) is 37.1 Å². The van der Waals surface area contributed by atoms with E-state index in [9.17, 15) is 18.0 Å². The van der Waals surface area contributed by atoms with E-state index in [-0.39, 0.29) is 25.3 Å². The number of fused-ring (bicyclic) bond motifs is 1. The third-order valence-corrected chi connectivity index (χ3v) is 4.70. The summed E-state index contributed by atoms with van der Waals surface area (Å²) in [5.41, 5.74) is 2.51. The Morgan fingerprint density at radius 1 is 1.38 bits per heavy atom. The number of carbonyl (C=O) groups excluding carboxylic acids is 1. The smallest absolute Gasteiger partial charge is 0.350 e. The number of hydrogen-bond acceptors (Lipinski definition) is 2. The van der Waals surface area contributed by atoms with Gasteiger partial charge in [-0.15, -0.1) is 0 Å². The van der Waals surface area contributed by atoms with Crippen molar-refractivity contribution in [2.24, 2.45) is 11.8 Å². The normalized spacial score (nSPS) is 21.8. The number of alkyl halides is 3. The van der Waals surface area contributed by atoms with Gasteiger partial charge in [-0.05, 0) is 38.3 Å². The van der Waals surface area contributed by atoms with Crippen molar-refractivity contribution in [3.8, 4) is 0 Å². The number of amides is 1. The van der Waals surface area contributed by atoms with Crippen molar-refractivity contribution in [2.45, 2.75) is 45.3 Å². The highest BCUT2D eigenvalue weighted by atomic mass is 19.4. The van der Waals surface area contributed by atoms with Crippen molar-refractivity contribution in [3.63, 3.8) is 0 Å². The predicted octanol–water partition coefficient (Wildman–Crippen LogP) is 3.63. The molecule has 1 aliphatic carbocycles.